The fraction of sp³-hybridized carbons (Fsp3) is 0.400. The Kier molecular flexibility index (Phi) is 8.36. The van der Waals surface area contributed by atoms with Gasteiger partial charge >= 0.3 is 5.97 Å². The van der Waals surface area contributed by atoms with Crippen LogP contribution in [0.4, 0.5) is 4.39 Å². The summed E-state index contributed by atoms with van der Waals surface area (Å²) in [6, 6.07) is 12.9. The molecule has 0 atom stereocenters. The maximum atomic E-state index is 13.3. The first-order valence-corrected chi connectivity index (χ1v) is 11.0. The summed E-state index contributed by atoms with van der Waals surface area (Å²) in [6.45, 7) is 1.83. The highest BCUT2D eigenvalue weighted by Crippen LogP contribution is 2.24. The van der Waals surface area contributed by atoms with Crippen LogP contribution in [-0.2, 0) is 27.4 Å². The SMILES string of the molecule is CC(=O)NCc1ccc(C(=O)OCC(=O)N(Cc2ccc(F)cc2)C2CCCCC2)cc1. The molecule has 0 unspecified atom stereocenters. The van der Waals surface area contributed by atoms with Crippen LogP contribution in [0.3, 0.4) is 0 Å². The van der Waals surface area contributed by atoms with Crippen LogP contribution in [0.15, 0.2) is 48.5 Å². The first-order chi connectivity index (χ1) is 15.4. The molecule has 0 spiro atoms. The zero-order valence-corrected chi connectivity index (χ0v) is 18.3. The van der Waals surface area contributed by atoms with Crippen LogP contribution in [-0.4, -0.2) is 35.3 Å². The van der Waals surface area contributed by atoms with Crippen LogP contribution in [0.2, 0.25) is 0 Å². The van der Waals surface area contributed by atoms with Crippen molar-refractivity contribution in [1.82, 2.24) is 10.2 Å². The largest absolute Gasteiger partial charge is 0.452 e. The van der Waals surface area contributed by atoms with Gasteiger partial charge in [0.25, 0.3) is 5.91 Å². The molecule has 170 valence electrons. The summed E-state index contributed by atoms with van der Waals surface area (Å²) in [6.07, 6.45) is 5.10. The molecule has 6 nitrogen and oxygen atoms in total. The van der Waals surface area contributed by atoms with Gasteiger partial charge in [0.15, 0.2) is 6.61 Å². The van der Waals surface area contributed by atoms with Crippen LogP contribution < -0.4 is 5.32 Å². The van der Waals surface area contributed by atoms with Crippen molar-refractivity contribution in [2.75, 3.05) is 6.61 Å². The molecule has 1 N–H and O–H groups in total. The summed E-state index contributed by atoms with van der Waals surface area (Å²) in [5.74, 6) is -1.27. The Hall–Kier alpha value is -3.22. The number of carbonyl (C=O) groups is 3. The van der Waals surface area contributed by atoms with Gasteiger partial charge in [0, 0.05) is 26.1 Å². The summed E-state index contributed by atoms with van der Waals surface area (Å²) >= 11 is 0. The van der Waals surface area contributed by atoms with Crippen molar-refractivity contribution >= 4 is 17.8 Å². The molecule has 0 aromatic heterocycles. The number of nitrogens with zero attached hydrogens (tertiary/aromatic N) is 1. The normalized spacial score (nSPS) is 13.9. The zero-order chi connectivity index (χ0) is 22.9. The summed E-state index contributed by atoms with van der Waals surface area (Å²) in [4.78, 5) is 38.2. The molecule has 0 bridgehead atoms. The molecule has 0 saturated heterocycles. The van der Waals surface area contributed by atoms with Crippen LogP contribution in [0, 0.1) is 5.82 Å². The van der Waals surface area contributed by atoms with Crippen LogP contribution in [0.25, 0.3) is 0 Å². The maximum absolute atomic E-state index is 13.3. The Bertz CT molecular complexity index is 922. The van der Waals surface area contributed by atoms with E-state index in [4.69, 9.17) is 4.74 Å². The number of hydrogen-bond acceptors (Lipinski definition) is 4. The number of nitrogens with one attached hydrogen (secondary N) is 1. The minimum Gasteiger partial charge on any atom is -0.452 e. The van der Waals surface area contributed by atoms with E-state index in [2.05, 4.69) is 5.32 Å². The lowest BCUT2D eigenvalue weighted by atomic mass is 9.93. The molecule has 1 saturated carbocycles. The molecule has 2 amide bonds. The van der Waals surface area contributed by atoms with Gasteiger partial charge in [0.2, 0.25) is 5.91 Å². The summed E-state index contributed by atoms with van der Waals surface area (Å²) in [5.41, 5.74) is 2.04. The maximum Gasteiger partial charge on any atom is 0.338 e. The topological polar surface area (TPSA) is 75.7 Å². The van der Waals surface area contributed by atoms with E-state index in [9.17, 15) is 18.8 Å². The quantitative estimate of drug-likeness (QED) is 0.630. The predicted octanol–water partition coefficient (Wildman–Crippen LogP) is 3.98. The van der Waals surface area contributed by atoms with Gasteiger partial charge in [-0.2, -0.15) is 0 Å². The number of ether oxygens (including phenoxy) is 1. The summed E-state index contributed by atoms with van der Waals surface area (Å²) < 4.78 is 18.6. The number of benzene rings is 2. The standard InChI is InChI=1S/C25H29FN2O4/c1-18(29)27-15-19-7-11-21(12-8-19)25(31)32-17-24(30)28(23-5-3-2-4-6-23)16-20-9-13-22(26)14-10-20/h7-14,23H,2-6,15-17H2,1H3,(H,27,29). The highest BCUT2D eigenvalue weighted by Gasteiger charge is 2.26. The molecular weight excluding hydrogens is 411 g/mol. The molecule has 0 radical (unpaired) electrons. The van der Waals surface area contributed by atoms with Crippen molar-refractivity contribution < 1.29 is 23.5 Å². The fourth-order valence-electron chi connectivity index (χ4n) is 3.88. The molecule has 2 aromatic rings. The first-order valence-electron chi connectivity index (χ1n) is 11.0. The van der Waals surface area contributed by atoms with E-state index in [1.54, 1.807) is 41.3 Å². The molecule has 1 aliphatic carbocycles. The second-order valence-corrected chi connectivity index (χ2v) is 8.12. The second kappa shape index (κ2) is 11.4. The van der Waals surface area contributed by atoms with Crippen molar-refractivity contribution in [3.8, 4) is 0 Å². The van der Waals surface area contributed by atoms with Crippen LogP contribution in [0.5, 0.6) is 0 Å². The molecule has 0 aliphatic heterocycles. The van der Waals surface area contributed by atoms with Gasteiger partial charge in [-0.15, -0.1) is 0 Å². The Morgan fingerprint density at radius 1 is 0.969 bits per heavy atom. The van der Waals surface area contributed by atoms with E-state index in [1.165, 1.54) is 19.1 Å². The van der Waals surface area contributed by atoms with Gasteiger partial charge in [-0.25, -0.2) is 9.18 Å². The molecule has 0 heterocycles. The fourth-order valence-corrected chi connectivity index (χ4v) is 3.88. The number of esters is 1. The summed E-state index contributed by atoms with van der Waals surface area (Å²) in [7, 11) is 0. The Labute approximate surface area is 187 Å². The van der Waals surface area contributed by atoms with E-state index >= 15 is 0 Å². The first kappa shape index (κ1) is 23.4. The third kappa shape index (κ3) is 6.90. The molecule has 1 fully saturated rings. The molecule has 2 aromatic carbocycles. The highest BCUT2D eigenvalue weighted by molar-refractivity contribution is 5.91. The van der Waals surface area contributed by atoms with Crippen molar-refractivity contribution in [2.24, 2.45) is 0 Å². The predicted molar refractivity (Wildman–Crippen MR) is 118 cm³/mol. The molecule has 1 aliphatic rings. The molecular formula is C25H29FN2O4. The van der Waals surface area contributed by atoms with Crippen molar-refractivity contribution in [3.63, 3.8) is 0 Å². The number of hydrogen-bond donors (Lipinski definition) is 1. The zero-order valence-electron chi connectivity index (χ0n) is 18.3. The number of carbonyl (C=O) groups excluding carboxylic acids is 3. The van der Waals surface area contributed by atoms with E-state index < -0.39 is 5.97 Å². The lowest BCUT2D eigenvalue weighted by Gasteiger charge is -2.34. The van der Waals surface area contributed by atoms with E-state index in [0.29, 0.717) is 18.7 Å². The van der Waals surface area contributed by atoms with Gasteiger partial charge < -0.3 is 15.0 Å². The monoisotopic (exact) mass is 440 g/mol. The highest BCUT2D eigenvalue weighted by atomic mass is 19.1. The van der Waals surface area contributed by atoms with Crippen molar-refractivity contribution in [3.05, 3.63) is 71.0 Å². The van der Waals surface area contributed by atoms with Crippen LogP contribution >= 0.6 is 0 Å². The van der Waals surface area contributed by atoms with E-state index in [1.807, 2.05) is 0 Å². The van der Waals surface area contributed by atoms with Gasteiger partial charge in [0.1, 0.15) is 5.82 Å². The van der Waals surface area contributed by atoms with E-state index in [-0.39, 0.29) is 30.3 Å². The molecule has 7 heteroatoms. The van der Waals surface area contributed by atoms with Crippen molar-refractivity contribution in [1.29, 1.82) is 0 Å². The average Bonchev–Trinajstić information content (AvgIpc) is 2.81. The van der Waals surface area contributed by atoms with Crippen molar-refractivity contribution in [2.45, 2.75) is 58.2 Å². The minimum absolute atomic E-state index is 0.0908. The molecule has 3 rings (SSSR count). The average molecular weight is 441 g/mol. The van der Waals surface area contributed by atoms with Gasteiger partial charge in [-0.05, 0) is 48.2 Å². The Morgan fingerprint density at radius 3 is 2.22 bits per heavy atom. The van der Waals surface area contributed by atoms with E-state index in [0.717, 1.165) is 43.2 Å². The Balaban J connectivity index is 1.60. The third-order valence-corrected chi connectivity index (χ3v) is 5.66. The number of amides is 2. The lowest BCUT2D eigenvalue weighted by molar-refractivity contribution is -0.138. The summed E-state index contributed by atoms with van der Waals surface area (Å²) in [5, 5.41) is 2.69. The number of halogens is 1. The minimum atomic E-state index is -0.574. The number of rotatable bonds is 8. The molecule has 32 heavy (non-hydrogen) atoms. The third-order valence-electron chi connectivity index (χ3n) is 5.66. The van der Waals surface area contributed by atoms with Gasteiger partial charge in [-0.1, -0.05) is 43.5 Å². The lowest BCUT2D eigenvalue weighted by Crippen LogP contribution is -2.43. The Morgan fingerprint density at radius 2 is 1.59 bits per heavy atom. The van der Waals surface area contributed by atoms with Gasteiger partial charge in [-0.3, -0.25) is 9.59 Å². The van der Waals surface area contributed by atoms with Crippen LogP contribution in [0.1, 0.15) is 60.5 Å². The van der Waals surface area contributed by atoms with Gasteiger partial charge in [0.05, 0.1) is 5.56 Å². The smallest absolute Gasteiger partial charge is 0.338 e. The second-order valence-electron chi connectivity index (χ2n) is 8.12.